The summed E-state index contributed by atoms with van der Waals surface area (Å²) in [5.74, 6) is 1.18. The second kappa shape index (κ2) is 8.85. The molecular weight excluding hydrogens is 489 g/mol. The van der Waals surface area contributed by atoms with Gasteiger partial charge in [0.15, 0.2) is 6.04 Å². The Morgan fingerprint density at radius 1 is 0.974 bits per heavy atom. The molecule has 7 heteroatoms. The molecule has 0 radical (unpaired) electrons. The third-order valence-electron chi connectivity index (χ3n) is 8.98. The minimum absolute atomic E-state index is 0.0888. The SMILES string of the molecule is O=c1[nH]ccc2cc3c(cc12)CC1C=[N+]1c1nc(F)c(-c2ccc(N4CCN(CCC5CC5)CC4)cc2)cc1-3. The summed E-state index contributed by atoms with van der Waals surface area (Å²) in [6, 6.07) is 16.3. The van der Waals surface area contributed by atoms with Crippen LogP contribution in [0.3, 0.4) is 0 Å². The standard InChI is InChI=1S/C32H30FN5O/c33-30-27(21-3-5-24(6-4-21)37-13-11-36(12-14-37)10-8-20-1-2-20)18-29-26-16-22-7-9-34-32(39)28(22)17-23(26)15-25-19-38(25)31(29)35-30/h3-7,9,16-20,25H,1-2,8,10-15H2/p+1. The van der Waals surface area contributed by atoms with Crippen LogP contribution >= 0.6 is 0 Å². The molecule has 6 nitrogen and oxygen atoms in total. The summed E-state index contributed by atoms with van der Waals surface area (Å²) in [6.07, 6.45) is 8.73. The Morgan fingerprint density at radius 2 is 1.79 bits per heavy atom. The van der Waals surface area contributed by atoms with Crippen molar-refractivity contribution in [1.82, 2.24) is 14.9 Å². The van der Waals surface area contributed by atoms with Crippen molar-refractivity contribution >= 4 is 28.5 Å². The number of hydrogen-bond acceptors (Lipinski definition) is 4. The Kier molecular flexibility index (Phi) is 5.24. The van der Waals surface area contributed by atoms with Crippen molar-refractivity contribution < 1.29 is 8.97 Å². The Morgan fingerprint density at radius 3 is 2.59 bits per heavy atom. The monoisotopic (exact) mass is 520 g/mol. The zero-order valence-corrected chi connectivity index (χ0v) is 21.9. The van der Waals surface area contributed by atoms with Gasteiger partial charge < -0.3 is 9.88 Å². The van der Waals surface area contributed by atoms with Crippen LogP contribution in [0.15, 0.2) is 59.5 Å². The summed E-state index contributed by atoms with van der Waals surface area (Å²) in [6.45, 7) is 5.49. The van der Waals surface area contributed by atoms with E-state index in [1.54, 1.807) is 6.20 Å². The van der Waals surface area contributed by atoms with Crippen LogP contribution in [0.25, 0.3) is 33.0 Å². The molecule has 1 unspecified atom stereocenters. The molecule has 0 spiro atoms. The van der Waals surface area contributed by atoms with E-state index in [0.29, 0.717) is 16.8 Å². The van der Waals surface area contributed by atoms with Gasteiger partial charge in [-0.05, 0) is 82.3 Å². The molecule has 0 bridgehead atoms. The lowest BCUT2D eigenvalue weighted by molar-refractivity contribution is -0.379. The highest BCUT2D eigenvalue weighted by molar-refractivity contribution is 5.92. The fourth-order valence-corrected chi connectivity index (χ4v) is 6.38. The molecule has 196 valence electrons. The van der Waals surface area contributed by atoms with E-state index in [9.17, 15) is 4.79 Å². The van der Waals surface area contributed by atoms with Crippen LogP contribution in [0.1, 0.15) is 24.8 Å². The maximum absolute atomic E-state index is 15.5. The molecule has 4 aliphatic rings. The van der Waals surface area contributed by atoms with Crippen molar-refractivity contribution in [1.29, 1.82) is 0 Å². The molecule has 2 fully saturated rings. The van der Waals surface area contributed by atoms with E-state index in [4.69, 9.17) is 0 Å². The van der Waals surface area contributed by atoms with Crippen molar-refractivity contribution in [2.24, 2.45) is 5.92 Å². The highest BCUT2D eigenvalue weighted by Crippen LogP contribution is 2.43. The average Bonchev–Trinajstić information content (AvgIpc) is 3.88. The van der Waals surface area contributed by atoms with Crippen molar-refractivity contribution in [3.8, 4) is 22.3 Å². The van der Waals surface area contributed by atoms with Gasteiger partial charge in [-0.15, -0.1) is 0 Å². The minimum atomic E-state index is -0.453. The Labute approximate surface area is 226 Å². The normalized spacial score (nSPS) is 20.2. The van der Waals surface area contributed by atoms with Gasteiger partial charge >= 0.3 is 11.8 Å². The van der Waals surface area contributed by atoms with E-state index in [2.05, 4.69) is 44.2 Å². The first kappa shape index (κ1) is 23.1. The molecule has 8 rings (SSSR count). The third-order valence-corrected chi connectivity index (χ3v) is 8.98. The summed E-state index contributed by atoms with van der Waals surface area (Å²) in [5.41, 5.74) is 5.44. The number of rotatable bonds is 5. The predicted molar refractivity (Wildman–Crippen MR) is 153 cm³/mol. The van der Waals surface area contributed by atoms with E-state index >= 15 is 4.39 Å². The molecular formula is C32H31FN5O+. The summed E-state index contributed by atoms with van der Waals surface area (Å²) in [5, 5.41) is 1.56. The molecule has 1 saturated heterocycles. The van der Waals surface area contributed by atoms with Gasteiger partial charge in [-0.2, -0.15) is 4.39 Å². The number of pyridine rings is 2. The Bertz CT molecular complexity index is 1700. The van der Waals surface area contributed by atoms with Crippen molar-refractivity contribution in [3.05, 3.63) is 76.6 Å². The number of nitrogens with one attached hydrogen (secondary N) is 1. The second-order valence-electron chi connectivity index (χ2n) is 11.5. The van der Waals surface area contributed by atoms with Gasteiger partial charge in [0.2, 0.25) is 0 Å². The first-order valence-corrected chi connectivity index (χ1v) is 14.2. The average molecular weight is 521 g/mol. The van der Waals surface area contributed by atoms with Crippen LogP contribution < -0.4 is 10.5 Å². The van der Waals surface area contributed by atoms with E-state index < -0.39 is 5.95 Å². The number of H-pyrrole nitrogens is 1. The number of anilines is 1. The number of fused-ring (bicyclic) bond motifs is 6. The van der Waals surface area contributed by atoms with Gasteiger partial charge in [0.25, 0.3) is 5.56 Å². The number of nitrogens with zero attached hydrogens (tertiary/aromatic N) is 4. The number of benzene rings is 2. The van der Waals surface area contributed by atoms with Crippen molar-refractivity contribution in [2.75, 3.05) is 37.6 Å². The lowest BCUT2D eigenvalue weighted by Crippen LogP contribution is -2.46. The maximum Gasteiger partial charge on any atom is 0.335 e. The number of aromatic amines is 1. The van der Waals surface area contributed by atoms with Gasteiger partial charge in [-0.1, -0.05) is 25.0 Å². The van der Waals surface area contributed by atoms with Crippen molar-refractivity contribution in [2.45, 2.75) is 31.7 Å². The van der Waals surface area contributed by atoms with Crippen LogP contribution in [0.4, 0.5) is 15.9 Å². The molecule has 5 heterocycles. The van der Waals surface area contributed by atoms with Gasteiger partial charge in [-0.3, -0.25) is 9.69 Å². The van der Waals surface area contributed by atoms with E-state index in [1.807, 2.05) is 34.9 Å². The van der Waals surface area contributed by atoms with Gasteiger partial charge in [0.05, 0.1) is 11.1 Å². The number of piperazine rings is 1. The summed E-state index contributed by atoms with van der Waals surface area (Å²) in [4.78, 5) is 24.7. The summed E-state index contributed by atoms with van der Waals surface area (Å²) >= 11 is 0. The molecule has 2 aromatic heterocycles. The first-order valence-electron chi connectivity index (χ1n) is 14.2. The van der Waals surface area contributed by atoms with Gasteiger partial charge in [-0.25, -0.2) is 4.58 Å². The van der Waals surface area contributed by atoms with Gasteiger partial charge in [0.1, 0.15) is 6.21 Å². The van der Waals surface area contributed by atoms with Crippen molar-refractivity contribution in [3.63, 3.8) is 0 Å². The highest BCUT2D eigenvalue weighted by Gasteiger charge is 2.41. The second-order valence-corrected chi connectivity index (χ2v) is 11.5. The van der Waals surface area contributed by atoms with Crippen LogP contribution in [0.2, 0.25) is 0 Å². The lowest BCUT2D eigenvalue weighted by atomic mass is 9.93. The van der Waals surface area contributed by atoms with Crippen LogP contribution in [0.5, 0.6) is 0 Å². The minimum Gasteiger partial charge on any atom is -0.369 e. The highest BCUT2D eigenvalue weighted by atomic mass is 19.1. The molecule has 4 aromatic rings. The van der Waals surface area contributed by atoms with Crippen LogP contribution in [-0.4, -0.2) is 64.4 Å². The molecule has 2 aromatic carbocycles. The first-order chi connectivity index (χ1) is 19.1. The topological polar surface area (TPSA) is 55.2 Å². The lowest BCUT2D eigenvalue weighted by Gasteiger charge is -2.36. The Hall–Kier alpha value is -3.84. The molecule has 39 heavy (non-hydrogen) atoms. The third kappa shape index (κ3) is 4.16. The molecule has 1 N–H and O–H groups in total. The summed E-state index contributed by atoms with van der Waals surface area (Å²) in [7, 11) is 0. The quantitative estimate of drug-likeness (QED) is 0.298. The number of aromatic nitrogens is 2. The number of hydrogen-bond donors (Lipinski definition) is 1. The van der Waals surface area contributed by atoms with E-state index in [1.165, 1.54) is 31.5 Å². The zero-order chi connectivity index (χ0) is 26.1. The maximum atomic E-state index is 15.5. The largest absolute Gasteiger partial charge is 0.369 e. The smallest absolute Gasteiger partial charge is 0.335 e. The Balaban J connectivity index is 1.10. The summed E-state index contributed by atoms with van der Waals surface area (Å²) < 4.78 is 17.5. The molecule has 1 aliphatic carbocycles. The fraction of sp³-hybridized carbons (Fsp3) is 0.344. The zero-order valence-electron chi connectivity index (χ0n) is 21.9. The van der Waals surface area contributed by atoms with E-state index in [-0.39, 0.29) is 11.6 Å². The number of halogens is 1. The molecule has 3 aliphatic heterocycles. The molecule has 1 saturated carbocycles. The molecule has 1 atom stereocenters. The van der Waals surface area contributed by atoms with Crippen LogP contribution in [0, 0.1) is 11.9 Å². The predicted octanol–water partition coefficient (Wildman–Crippen LogP) is 4.97. The van der Waals surface area contributed by atoms with Crippen LogP contribution in [-0.2, 0) is 6.42 Å². The molecule has 0 amide bonds. The van der Waals surface area contributed by atoms with E-state index in [0.717, 1.165) is 66.2 Å². The fourth-order valence-electron chi connectivity index (χ4n) is 6.38. The van der Waals surface area contributed by atoms with Gasteiger partial charge in [0, 0.05) is 49.9 Å².